The Morgan fingerprint density at radius 2 is 1.94 bits per heavy atom. The first-order valence-corrected chi connectivity index (χ1v) is 6.10. The average Bonchev–Trinajstić information content (AvgIpc) is 2.30. The number of esters is 1. The van der Waals surface area contributed by atoms with Crippen molar-refractivity contribution in [3.05, 3.63) is 35.9 Å². The normalized spacial score (nSPS) is 14.1. The predicted octanol–water partition coefficient (Wildman–Crippen LogP) is 2.68. The Balaban J connectivity index is 2.41. The van der Waals surface area contributed by atoms with Crippen LogP contribution in [0.3, 0.4) is 0 Å². The summed E-state index contributed by atoms with van der Waals surface area (Å²) >= 11 is 0. The van der Waals surface area contributed by atoms with Gasteiger partial charge in [-0.3, -0.25) is 4.79 Å². The molecule has 0 saturated heterocycles. The van der Waals surface area contributed by atoms with Crippen molar-refractivity contribution in [1.82, 2.24) is 5.32 Å². The molecule has 0 aromatic heterocycles. The molecule has 1 rings (SSSR count). The molecule has 94 valence electrons. The zero-order valence-corrected chi connectivity index (χ0v) is 10.8. The maximum Gasteiger partial charge on any atom is 0.307 e. The third-order valence-electron chi connectivity index (χ3n) is 2.61. The van der Waals surface area contributed by atoms with Crippen LogP contribution in [0.25, 0.3) is 0 Å². The molecule has 0 fully saturated rings. The SMILES string of the molecule is CCOC(=O)CC(C)N[C@@H](C)c1ccccc1. The molecular weight excluding hydrogens is 214 g/mol. The predicted molar refractivity (Wildman–Crippen MR) is 68.7 cm³/mol. The van der Waals surface area contributed by atoms with E-state index in [1.54, 1.807) is 0 Å². The largest absolute Gasteiger partial charge is 0.466 e. The summed E-state index contributed by atoms with van der Waals surface area (Å²) in [5.41, 5.74) is 1.23. The zero-order valence-electron chi connectivity index (χ0n) is 10.8. The van der Waals surface area contributed by atoms with Crippen molar-refractivity contribution in [2.75, 3.05) is 6.61 Å². The van der Waals surface area contributed by atoms with Crippen LogP contribution in [0.4, 0.5) is 0 Å². The number of nitrogens with one attached hydrogen (secondary N) is 1. The lowest BCUT2D eigenvalue weighted by Gasteiger charge is -2.19. The lowest BCUT2D eigenvalue weighted by atomic mass is 10.1. The summed E-state index contributed by atoms with van der Waals surface area (Å²) in [6.45, 7) is 6.36. The van der Waals surface area contributed by atoms with E-state index in [9.17, 15) is 4.79 Å². The zero-order chi connectivity index (χ0) is 12.7. The van der Waals surface area contributed by atoms with Crippen molar-refractivity contribution in [2.24, 2.45) is 0 Å². The molecule has 3 heteroatoms. The third-order valence-corrected chi connectivity index (χ3v) is 2.61. The van der Waals surface area contributed by atoms with E-state index >= 15 is 0 Å². The first-order valence-electron chi connectivity index (χ1n) is 6.10. The lowest BCUT2D eigenvalue weighted by molar-refractivity contribution is -0.143. The van der Waals surface area contributed by atoms with Gasteiger partial charge in [-0.2, -0.15) is 0 Å². The standard InChI is InChI=1S/C14H21NO2/c1-4-17-14(16)10-11(2)15-12(3)13-8-6-5-7-9-13/h5-9,11-12,15H,4,10H2,1-3H3/t11?,12-/m0/s1. The van der Waals surface area contributed by atoms with Crippen molar-refractivity contribution in [1.29, 1.82) is 0 Å². The van der Waals surface area contributed by atoms with Crippen LogP contribution in [-0.4, -0.2) is 18.6 Å². The van der Waals surface area contributed by atoms with Gasteiger partial charge in [-0.15, -0.1) is 0 Å². The van der Waals surface area contributed by atoms with E-state index in [0.717, 1.165) is 0 Å². The van der Waals surface area contributed by atoms with Gasteiger partial charge >= 0.3 is 5.97 Å². The van der Waals surface area contributed by atoms with Crippen LogP contribution >= 0.6 is 0 Å². The summed E-state index contributed by atoms with van der Waals surface area (Å²) in [5, 5.41) is 3.38. The van der Waals surface area contributed by atoms with Gasteiger partial charge in [0.2, 0.25) is 0 Å². The molecular formula is C14H21NO2. The van der Waals surface area contributed by atoms with Gasteiger partial charge in [-0.05, 0) is 26.3 Å². The molecule has 0 heterocycles. The molecule has 0 saturated carbocycles. The minimum absolute atomic E-state index is 0.115. The van der Waals surface area contributed by atoms with Gasteiger partial charge in [0.05, 0.1) is 13.0 Å². The number of rotatable bonds is 6. The molecule has 1 N–H and O–H groups in total. The molecule has 0 aliphatic rings. The average molecular weight is 235 g/mol. The van der Waals surface area contributed by atoms with E-state index in [0.29, 0.717) is 13.0 Å². The minimum Gasteiger partial charge on any atom is -0.466 e. The van der Waals surface area contributed by atoms with Gasteiger partial charge in [-0.25, -0.2) is 0 Å². The van der Waals surface area contributed by atoms with E-state index in [4.69, 9.17) is 4.74 Å². The van der Waals surface area contributed by atoms with E-state index in [2.05, 4.69) is 24.4 Å². The maximum absolute atomic E-state index is 11.3. The highest BCUT2D eigenvalue weighted by Crippen LogP contribution is 2.12. The fraction of sp³-hybridized carbons (Fsp3) is 0.500. The highest BCUT2D eigenvalue weighted by Gasteiger charge is 2.13. The third kappa shape index (κ3) is 5.00. The number of hydrogen-bond acceptors (Lipinski definition) is 3. The molecule has 0 amide bonds. The summed E-state index contributed by atoms with van der Waals surface area (Å²) in [5.74, 6) is -0.146. The van der Waals surface area contributed by atoms with Gasteiger partial charge in [0, 0.05) is 12.1 Å². The van der Waals surface area contributed by atoms with Gasteiger partial charge < -0.3 is 10.1 Å². The Labute approximate surface area is 103 Å². The molecule has 1 aromatic rings. The number of ether oxygens (including phenoxy) is 1. The topological polar surface area (TPSA) is 38.3 Å². The first-order chi connectivity index (χ1) is 8.13. The van der Waals surface area contributed by atoms with Crippen molar-refractivity contribution in [3.63, 3.8) is 0 Å². The number of benzene rings is 1. The monoisotopic (exact) mass is 235 g/mol. The van der Waals surface area contributed by atoms with Crippen molar-refractivity contribution >= 4 is 5.97 Å². The fourth-order valence-electron chi connectivity index (χ4n) is 1.79. The van der Waals surface area contributed by atoms with Crippen molar-refractivity contribution in [3.8, 4) is 0 Å². The molecule has 3 nitrogen and oxygen atoms in total. The molecule has 0 spiro atoms. The van der Waals surface area contributed by atoms with Crippen LogP contribution in [0, 0.1) is 0 Å². The van der Waals surface area contributed by atoms with Crippen LogP contribution in [0.2, 0.25) is 0 Å². The number of carbonyl (C=O) groups excluding carboxylic acids is 1. The van der Waals surface area contributed by atoms with E-state index in [1.165, 1.54) is 5.56 Å². The highest BCUT2D eigenvalue weighted by molar-refractivity contribution is 5.70. The van der Waals surface area contributed by atoms with Crippen LogP contribution < -0.4 is 5.32 Å². The summed E-state index contributed by atoms with van der Waals surface area (Å²) in [6.07, 6.45) is 0.408. The molecule has 2 atom stereocenters. The molecule has 0 aliphatic heterocycles. The molecule has 1 aromatic carbocycles. The minimum atomic E-state index is -0.146. The second-order valence-electron chi connectivity index (χ2n) is 4.21. The smallest absolute Gasteiger partial charge is 0.307 e. The molecule has 0 radical (unpaired) electrons. The summed E-state index contributed by atoms with van der Waals surface area (Å²) in [7, 11) is 0. The second-order valence-corrected chi connectivity index (χ2v) is 4.21. The second kappa shape index (κ2) is 7.07. The van der Waals surface area contributed by atoms with Crippen LogP contribution in [0.1, 0.15) is 38.8 Å². The Hall–Kier alpha value is -1.35. The molecule has 0 bridgehead atoms. The fourth-order valence-corrected chi connectivity index (χ4v) is 1.79. The summed E-state index contributed by atoms with van der Waals surface area (Å²) in [4.78, 5) is 11.3. The van der Waals surface area contributed by atoms with Crippen molar-refractivity contribution in [2.45, 2.75) is 39.3 Å². The Bertz CT molecular complexity index is 337. The number of hydrogen-bond donors (Lipinski definition) is 1. The maximum atomic E-state index is 11.3. The molecule has 1 unspecified atom stereocenters. The van der Waals surface area contributed by atoms with E-state index < -0.39 is 0 Å². The Morgan fingerprint density at radius 3 is 2.53 bits per heavy atom. The van der Waals surface area contributed by atoms with Gasteiger partial charge in [0.25, 0.3) is 0 Å². The van der Waals surface area contributed by atoms with Crippen LogP contribution in [-0.2, 0) is 9.53 Å². The quantitative estimate of drug-likeness (QED) is 0.770. The highest BCUT2D eigenvalue weighted by atomic mass is 16.5. The lowest BCUT2D eigenvalue weighted by Crippen LogP contribution is -2.31. The van der Waals surface area contributed by atoms with E-state index in [-0.39, 0.29) is 18.1 Å². The first kappa shape index (κ1) is 13.7. The van der Waals surface area contributed by atoms with Crippen molar-refractivity contribution < 1.29 is 9.53 Å². The Kier molecular flexibility index (Phi) is 5.70. The summed E-state index contributed by atoms with van der Waals surface area (Å²) in [6, 6.07) is 10.5. The molecule has 17 heavy (non-hydrogen) atoms. The van der Waals surface area contributed by atoms with Gasteiger partial charge in [-0.1, -0.05) is 30.3 Å². The van der Waals surface area contributed by atoms with Crippen LogP contribution in [0.15, 0.2) is 30.3 Å². The number of carbonyl (C=O) groups is 1. The Morgan fingerprint density at radius 1 is 1.29 bits per heavy atom. The van der Waals surface area contributed by atoms with Gasteiger partial charge in [0.15, 0.2) is 0 Å². The van der Waals surface area contributed by atoms with E-state index in [1.807, 2.05) is 32.0 Å². The summed E-state index contributed by atoms with van der Waals surface area (Å²) < 4.78 is 4.92. The molecule has 0 aliphatic carbocycles. The van der Waals surface area contributed by atoms with Crippen LogP contribution in [0.5, 0.6) is 0 Å². The van der Waals surface area contributed by atoms with Gasteiger partial charge in [0.1, 0.15) is 0 Å².